The van der Waals surface area contributed by atoms with Crippen molar-refractivity contribution in [2.45, 2.75) is 11.0 Å². The van der Waals surface area contributed by atoms with Gasteiger partial charge in [-0.1, -0.05) is 0 Å². The summed E-state index contributed by atoms with van der Waals surface area (Å²) in [7, 11) is -4.38. The Balaban J connectivity index is 0.00000342. The third-order valence-electron chi connectivity index (χ3n) is 5.03. The average molecular weight is 610 g/mol. The van der Waals surface area contributed by atoms with Crippen molar-refractivity contribution in [2.75, 3.05) is 7.05 Å². The summed E-state index contributed by atoms with van der Waals surface area (Å²) in [6, 6.07) is 8.47. The fourth-order valence-corrected chi connectivity index (χ4v) is 4.97. The summed E-state index contributed by atoms with van der Waals surface area (Å²) in [5, 5.41) is 0. The van der Waals surface area contributed by atoms with Gasteiger partial charge in [-0.3, -0.25) is 0 Å². The number of hydrogen-bond donors (Lipinski definition) is 0. The summed E-state index contributed by atoms with van der Waals surface area (Å²) in [5.41, 5.74) is -5.06. The zero-order valence-corrected chi connectivity index (χ0v) is 21.7. The third-order valence-corrected chi connectivity index (χ3v) is 7.65. The molecule has 0 aliphatic carbocycles. The number of halogens is 5. The molecule has 1 amide bonds. The van der Waals surface area contributed by atoms with Gasteiger partial charge in [0.1, 0.15) is 0 Å². The first-order chi connectivity index (χ1) is 15.9. The molecule has 0 saturated heterocycles. The summed E-state index contributed by atoms with van der Waals surface area (Å²) in [6.07, 6.45) is 1.47. The Bertz CT molecular complexity index is 1400. The van der Waals surface area contributed by atoms with Crippen LogP contribution in [-0.2, 0) is 20.5 Å². The molecule has 2 radical (unpaired) electrons. The molecule has 0 saturated carbocycles. The molecule has 0 N–H and O–H groups in total. The fraction of sp³-hybridized carbons (Fsp3) is 0.150. The number of rotatable bonds is 5. The number of likely N-dealkylation sites (N-methyl/N-ethyl adjacent to an activating group) is 1. The van der Waals surface area contributed by atoms with E-state index in [1.54, 1.807) is 0 Å². The molecule has 7 nitrogen and oxygen atoms in total. The summed E-state index contributed by atoms with van der Waals surface area (Å²) in [6.45, 7) is 0. The van der Waals surface area contributed by atoms with Crippen LogP contribution < -0.4 is 4.18 Å². The molecule has 1 unspecified atom stereocenters. The number of benzene rings is 2. The van der Waals surface area contributed by atoms with Gasteiger partial charge < -0.3 is 0 Å². The Morgan fingerprint density at radius 1 is 1.11 bits per heavy atom. The van der Waals surface area contributed by atoms with E-state index >= 15 is 0 Å². The van der Waals surface area contributed by atoms with E-state index in [1.807, 2.05) is 0 Å². The molecule has 15 heteroatoms. The largest absolute Gasteiger partial charge is 0.147 e. The normalized spacial score (nSPS) is 18.3. The van der Waals surface area contributed by atoms with E-state index in [-0.39, 0.29) is 23.5 Å². The molecule has 1 aliphatic rings. The first-order valence-electron chi connectivity index (χ1n) is 9.24. The molecule has 0 spiro atoms. The van der Waals surface area contributed by atoms with Crippen LogP contribution in [-0.4, -0.2) is 58.2 Å². The molecular formula is C20H13AsClF4N3O4S2. The van der Waals surface area contributed by atoms with Crippen molar-refractivity contribution in [3.63, 3.8) is 0 Å². The number of thiazole rings is 1. The van der Waals surface area contributed by atoms with Crippen molar-refractivity contribution in [2.24, 2.45) is 4.99 Å². The first kappa shape index (κ1) is 27.1. The van der Waals surface area contributed by atoms with Gasteiger partial charge in [0.25, 0.3) is 0 Å². The minimum Gasteiger partial charge on any atom is -0.147 e. The zero-order valence-electron chi connectivity index (χ0n) is 17.4. The quantitative estimate of drug-likeness (QED) is 0.190. The fourth-order valence-electron chi connectivity index (χ4n) is 3.36. The minimum absolute atomic E-state index is 0. The Labute approximate surface area is 215 Å². The summed E-state index contributed by atoms with van der Waals surface area (Å²) in [5.74, 6) is -1.64. The van der Waals surface area contributed by atoms with Gasteiger partial charge in [-0.2, -0.15) is 0 Å². The zero-order chi connectivity index (χ0) is 24.9. The summed E-state index contributed by atoms with van der Waals surface area (Å²) in [4.78, 5) is 23.6. The molecule has 0 bridgehead atoms. The number of hydrogen-bond acceptors (Lipinski definition) is 7. The van der Waals surface area contributed by atoms with Crippen LogP contribution in [0.4, 0.5) is 17.6 Å². The van der Waals surface area contributed by atoms with Crippen LogP contribution in [0.25, 0.3) is 10.4 Å². The second-order valence-electron chi connectivity index (χ2n) is 7.05. The molecule has 1 atom stereocenters. The van der Waals surface area contributed by atoms with E-state index in [0.717, 1.165) is 12.1 Å². The Morgan fingerprint density at radius 3 is 2.26 bits per heavy atom. The Morgan fingerprint density at radius 2 is 1.74 bits per heavy atom. The number of carbonyl (C=O) groups excluding carboxylic acids is 1. The molecule has 184 valence electrons. The molecule has 1 aliphatic heterocycles. The Kier molecular flexibility index (Phi) is 7.38. The predicted octanol–water partition coefficient (Wildman–Crippen LogP) is 3.84. The number of nitrogens with zero attached hydrogens (tertiary/aromatic N) is 3. The van der Waals surface area contributed by atoms with Crippen LogP contribution in [0.2, 0.25) is 0 Å². The van der Waals surface area contributed by atoms with Gasteiger partial charge in [0.15, 0.2) is 0 Å². The minimum atomic E-state index is -5.87. The Hall–Kier alpha value is -2.47. The summed E-state index contributed by atoms with van der Waals surface area (Å²) >= 11 is 3.33. The number of aliphatic imine (C=N–C) groups is 1. The summed E-state index contributed by atoms with van der Waals surface area (Å²) < 4.78 is 79.5. The van der Waals surface area contributed by atoms with E-state index in [0.29, 0.717) is 15.1 Å². The van der Waals surface area contributed by atoms with Gasteiger partial charge >= 0.3 is 204 Å². The van der Waals surface area contributed by atoms with Crippen LogP contribution in [0.5, 0.6) is 5.75 Å². The van der Waals surface area contributed by atoms with Crippen molar-refractivity contribution < 1.29 is 35.0 Å². The van der Waals surface area contributed by atoms with E-state index in [9.17, 15) is 30.8 Å². The van der Waals surface area contributed by atoms with E-state index < -0.39 is 38.6 Å². The van der Waals surface area contributed by atoms with Crippen LogP contribution in [0.3, 0.4) is 0 Å². The monoisotopic (exact) mass is 609 g/mol. The molecule has 1 aromatic heterocycles. The van der Waals surface area contributed by atoms with Gasteiger partial charge in [-0.25, -0.2) is 0 Å². The van der Waals surface area contributed by atoms with E-state index in [2.05, 4.69) is 31.0 Å². The van der Waals surface area contributed by atoms with Crippen molar-refractivity contribution >= 4 is 61.2 Å². The average Bonchev–Trinajstić information content (AvgIpc) is 3.38. The van der Waals surface area contributed by atoms with Gasteiger partial charge in [-0.15, -0.1) is 12.4 Å². The molecule has 2 aromatic carbocycles. The number of amidine groups is 1. The maximum atomic E-state index is 14.6. The van der Waals surface area contributed by atoms with Gasteiger partial charge in [0, 0.05) is 0 Å². The van der Waals surface area contributed by atoms with Gasteiger partial charge in [0.05, 0.1) is 0 Å². The topological polar surface area (TPSA) is 88.9 Å². The van der Waals surface area contributed by atoms with Crippen molar-refractivity contribution in [1.29, 1.82) is 0 Å². The SMILES string of the molecule is CN1C(=O)C(c2ccc(OS(=O)(=O)C(F)(F)F)cc2)(c2ccc(F)c(-c3cncs3)c2)N=C1[As].Cl. The van der Waals surface area contributed by atoms with Crippen molar-refractivity contribution in [3.05, 3.63) is 71.1 Å². The molecule has 3 aromatic rings. The number of carbonyl (C=O) groups is 1. The van der Waals surface area contributed by atoms with Crippen molar-refractivity contribution in [3.8, 4) is 16.2 Å². The maximum absolute atomic E-state index is 14.6. The van der Waals surface area contributed by atoms with Crippen molar-refractivity contribution in [1.82, 2.24) is 9.88 Å². The standard InChI is InChI=1S/C20H12AsF4N3O4S2.ClH/c1-28-17(29)19(27-18(28)21,12-4-7-15(22)14(8-12)16-9-26-10-33-16)11-2-5-13(6-3-11)32-34(30,31)20(23,24)25;/h2-10H,1H3;1H. The first-order valence-corrected chi connectivity index (χ1v) is 12.5. The van der Waals surface area contributed by atoms with E-state index in [1.165, 1.54) is 65.3 Å². The number of alkyl halides is 3. The van der Waals surface area contributed by atoms with Crippen LogP contribution in [0.1, 0.15) is 11.1 Å². The molecule has 35 heavy (non-hydrogen) atoms. The van der Waals surface area contributed by atoms with Gasteiger partial charge in [0.2, 0.25) is 0 Å². The number of amides is 1. The van der Waals surface area contributed by atoms with Crippen LogP contribution in [0, 0.1) is 5.82 Å². The third kappa shape index (κ3) is 4.69. The predicted molar refractivity (Wildman–Crippen MR) is 124 cm³/mol. The van der Waals surface area contributed by atoms with Crippen LogP contribution >= 0.6 is 23.7 Å². The molecule has 2 heterocycles. The van der Waals surface area contributed by atoms with E-state index in [4.69, 9.17) is 0 Å². The van der Waals surface area contributed by atoms with Gasteiger partial charge in [-0.05, 0) is 0 Å². The second-order valence-corrected chi connectivity index (χ2v) is 10.3. The maximum Gasteiger partial charge on any atom is -0.147 e. The second kappa shape index (κ2) is 9.53. The molecule has 4 rings (SSSR count). The number of aromatic nitrogens is 1. The smallest absolute Gasteiger partial charge is 0.147 e. The molecule has 0 fully saturated rings. The van der Waals surface area contributed by atoms with Crippen LogP contribution in [0.15, 0.2) is 59.2 Å². The molecular weight excluding hydrogens is 597 g/mol.